The van der Waals surface area contributed by atoms with Crippen LogP contribution in [0.3, 0.4) is 0 Å². The zero-order chi connectivity index (χ0) is 40.5. The Morgan fingerprint density at radius 2 is 1.04 bits per heavy atom. The van der Waals surface area contributed by atoms with Crippen molar-refractivity contribution in [2.24, 2.45) is 5.73 Å². The maximum absolute atomic E-state index is 12.2. The van der Waals surface area contributed by atoms with E-state index >= 15 is 0 Å². The summed E-state index contributed by atoms with van der Waals surface area (Å²) in [6.45, 7) is 4.09. The zero-order valence-corrected chi connectivity index (χ0v) is 30.1. The van der Waals surface area contributed by atoms with Gasteiger partial charge in [-0.15, -0.1) is 38.7 Å². The number of carboxylic acids is 1. The molecule has 0 aliphatic rings. The van der Waals surface area contributed by atoms with Gasteiger partial charge in [-0.2, -0.15) is 0 Å². The summed E-state index contributed by atoms with van der Waals surface area (Å²) in [6.07, 6.45) is -9.53. The van der Waals surface area contributed by atoms with E-state index in [1.165, 1.54) is 53.1 Å². The third-order valence-corrected chi connectivity index (χ3v) is 7.15. The monoisotopic (exact) mass is 814 g/mol. The minimum absolute atomic E-state index is 0. The highest BCUT2D eigenvalue weighted by atomic mass is 35.5. The maximum Gasteiger partial charge on any atom is 0.573 e. The average Bonchev–Trinajstić information content (AvgIpc) is 3.57. The fourth-order valence-electron chi connectivity index (χ4n) is 5.01. The molecule has 20 heteroatoms. The molecule has 0 aliphatic carbocycles. The molecule has 1 amide bonds. The quantitative estimate of drug-likeness (QED) is 0.130. The van der Waals surface area contributed by atoms with Gasteiger partial charge in [0.15, 0.2) is 11.2 Å². The number of aliphatic carboxylic acids is 1. The summed E-state index contributed by atoms with van der Waals surface area (Å²) in [5, 5.41) is 11.5. The van der Waals surface area contributed by atoms with Gasteiger partial charge in [-0.25, -0.2) is 9.59 Å². The van der Waals surface area contributed by atoms with E-state index in [-0.39, 0.29) is 47.5 Å². The molecular formula is C36H33ClF6N4O9. The molecule has 0 aliphatic heterocycles. The lowest BCUT2D eigenvalue weighted by molar-refractivity contribution is -0.275. The van der Waals surface area contributed by atoms with E-state index in [0.29, 0.717) is 39.9 Å². The molecule has 6 rings (SSSR count). The molecule has 4 N–H and O–H groups in total. The topological polar surface area (TPSA) is 181 Å². The Kier molecular flexibility index (Phi) is 14.9. The van der Waals surface area contributed by atoms with E-state index in [0.717, 1.165) is 23.2 Å². The fraction of sp³-hybridized carbons (Fsp3) is 0.222. The van der Waals surface area contributed by atoms with Gasteiger partial charge < -0.3 is 34.5 Å². The second kappa shape index (κ2) is 18.9. The van der Waals surface area contributed by atoms with Gasteiger partial charge in [0.2, 0.25) is 5.91 Å². The van der Waals surface area contributed by atoms with Gasteiger partial charge in [0.1, 0.15) is 24.6 Å². The highest BCUT2D eigenvalue weighted by molar-refractivity contribution is 5.85. The van der Waals surface area contributed by atoms with E-state index in [9.17, 15) is 45.5 Å². The minimum atomic E-state index is -4.77. The summed E-state index contributed by atoms with van der Waals surface area (Å²) in [4.78, 5) is 46.4. The fourth-order valence-corrected chi connectivity index (χ4v) is 5.01. The lowest BCUT2D eigenvalue weighted by Gasteiger charge is -2.09. The molecule has 4 aromatic carbocycles. The van der Waals surface area contributed by atoms with Crippen LogP contribution in [0.1, 0.15) is 13.8 Å². The number of amides is 1. The number of nitrogens with zero attached hydrogens (tertiary/aromatic N) is 2. The number of ether oxygens (including phenoxy) is 2. The van der Waals surface area contributed by atoms with Gasteiger partial charge in [0.05, 0.1) is 11.0 Å². The van der Waals surface area contributed by atoms with E-state index in [1.54, 1.807) is 31.2 Å². The number of hydrogen-bond acceptors (Lipinski definition) is 9. The summed E-state index contributed by atoms with van der Waals surface area (Å²) in [5.74, 6) is -3.69. The van der Waals surface area contributed by atoms with Crippen molar-refractivity contribution in [1.29, 1.82) is 0 Å². The van der Waals surface area contributed by atoms with Crippen molar-refractivity contribution < 1.29 is 59.3 Å². The van der Waals surface area contributed by atoms with Crippen molar-refractivity contribution in [2.75, 3.05) is 13.1 Å². The van der Waals surface area contributed by atoms with Crippen LogP contribution in [0.15, 0.2) is 103 Å². The number of likely N-dealkylation sites (N-methyl/N-ethyl adjacent to an activating group) is 1. The Morgan fingerprint density at radius 3 is 1.38 bits per heavy atom. The molecule has 0 atom stereocenters. The molecule has 0 spiro atoms. The Morgan fingerprint density at radius 1 is 0.679 bits per heavy atom. The smallest absolute Gasteiger partial charge is 0.480 e. The van der Waals surface area contributed by atoms with Crippen LogP contribution in [0.5, 0.6) is 11.5 Å². The SMILES string of the molecule is CCN.CCNC(=O)Cn1c(=O)oc2ccc(-c3ccc(OC(F)(F)F)cc3)cc21.Cl.O=C(O)Cn1c(=O)oc2ccc(-c3ccc(OC(F)(F)F)cc3)cc21. The number of alkyl halides is 6. The second-order valence-corrected chi connectivity index (χ2v) is 11.2. The van der Waals surface area contributed by atoms with Gasteiger partial charge in [-0.1, -0.05) is 43.3 Å². The average molecular weight is 815 g/mol. The predicted molar refractivity (Wildman–Crippen MR) is 193 cm³/mol. The lowest BCUT2D eigenvalue weighted by atomic mass is 10.1. The number of nitrogens with one attached hydrogen (secondary N) is 1. The number of carbonyl (C=O) groups excluding carboxylic acids is 1. The first kappa shape index (κ1) is 44.2. The molecule has 300 valence electrons. The Hall–Kier alpha value is -6.21. The molecule has 2 aromatic heterocycles. The number of aromatic nitrogens is 2. The second-order valence-electron chi connectivity index (χ2n) is 11.2. The summed E-state index contributed by atoms with van der Waals surface area (Å²) in [5.41, 5.74) is 8.46. The van der Waals surface area contributed by atoms with Crippen molar-refractivity contribution in [3.8, 4) is 33.8 Å². The number of carboxylic acid groups (broad SMARTS) is 1. The molecule has 0 radical (unpaired) electrons. The minimum Gasteiger partial charge on any atom is -0.480 e. The number of benzene rings is 4. The normalized spacial score (nSPS) is 11.1. The summed E-state index contributed by atoms with van der Waals surface area (Å²) < 4.78 is 93.2. The number of oxazole rings is 2. The molecule has 0 fully saturated rings. The van der Waals surface area contributed by atoms with Gasteiger partial charge in [-0.05, 0) is 84.3 Å². The number of rotatable bonds is 9. The maximum atomic E-state index is 12.2. The van der Waals surface area contributed by atoms with Crippen LogP contribution in [0.25, 0.3) is 44.5 Å². The number of hydrogen-bond donors (Lipinski definition) is 3. The standard InChI is InChI=1S/C18H15F3N2O4.C16H10F3NO5.C2H7N.ClH/c1-2-22-16(24)10-23-14-9-12(5-8-15(14)26-17(23)25)11-3-6-13(7-4-11)27-18(19,20)21;17-16(18,19)25-11-4-1-9(2-5-11)10-3-6-13-12(7-10)20(8-14(21)22)15(23)24-13;1-2-3;/h3-9H,2,10H2,1H3,(H,22,24);1-7H,8H2,(H,21,22);2-3H2,1H3;1H. The molecule has 2 heterocycles. The summed E-state index contributed by atoms with van der Waals surface area (Å²) in [6, 6.07) is 20.0. The molecule has 6 aromatic rings. The Balaban J connectivity index is 0.000000277. The van der Waals surface area contributed by atoms with Gasteiger partial charge in [-0.3, -0.25) is 18.7 Å². The van der Waals surface area contributed by atoms with Crippen LogP contribution in [-0.4, -0.2) is 51.9 Å². The van der Waals surface area contributed by atoms with Crippen molar-refractivity contribution in [3.63, 3.8) is 0 Å². The Bertz CT molecular complexity index is 2370. The van der Waals surface area contributed by atoms with E-state index < -0.39 is 36.8 Å². The van der Waals surface area contributed by atoms with E-state index in [2.05, 4.69) is 14.8 Å². The first-order valence-electron chi connectivity index (χ1n) is 16.1. The van der Waals surface area contributed by atoms with Crippen molar-refractivity contribution in [1.82, 2.24) is 14.5 Å². The molecule has 0 saturated heterocycles. The summed E-state index contributed by atoms with van der Waals surface area (Å²) >= 11 is 0. The first-order valence-corrected chi connectivity index (χ1v) is 16.1. The van der Waals surface area contributed by atoms with Crippen molar-refractivity contribution >= 4 is 46.5 Å². The number of carbonyl (C=O) groups is 2. The van der Waals surface area contributed by atoms with Crippen LogP contribution in [0, 0.1) is 0 Å². The van der Waals surface area contributed by atoms with Gasteiger partial charge in [0, 0.05) is 6.54 Å². The molecule has 13 nitrogen and oxygen atoms in total. The first-order chi connectivity index (χ1) is 25.9. The van der Waals surface area contributed by atoms with Crippen LogP contribution in [0.4, 0.5) is 26.3 Å². The van der Waals surface area contributed by atoms with E-state index in [4.69, 9.17) is 19.7 Å². The third-order valence-electron chi connectivity index (χ3n) is 7.15. The molecule has 0 unspecified atom stereocenters. The van der Waals surface area contributed by atoms with Crippen LogP contribution >= 0.6 is 12.4 Å². The van der Waals surface area contributed by atoms with Gasteiger partial charge >= 0.3 is 30.2 Å². The lowest BCUT2D eigenvalue weighted by Crippen LogP contribution is -2.30. The zero-order valence-electron chi connectivity index (χ0n) is 29.3. The van der Waals surface area contributed by atoms with Crippen LogP contribution in [-0.2, 0) is 22.7 Å². The highest BCUT2D eigenvalue weighted by Crippen LogP contribution is 2.30. The molecular weight excluding hydrogens is 782 g/mol. The van der Waals surface area contributed by atoms with Crippen LogP contribution < -0.4 is 32.0 Å². The van der Waals surface area contributed by atoms with Gasteiger partial charge in [0.25, 0.3) is 0 Å². The number of fused-ring (bicyclic) bond motifs is 2. The third kappa shape index (κ3) is 12.2. The molecule has 0 saturated carbocycles. The van der Waals surface area contributed by atoms with Crippen LogP contribution in [0.2, 0.25) is 0 Å². The van der Waals surface area contributed by atoms with E-state index in [1.807, 2.05) is 6.92 Å². The molecule has 56 heavy (non-hydrogen) atoms. The van der Waals surface area contributed by atoms with Crippen molar-refractivity contribution in [3.05, 3.63) is 106 Å². The Labute approximate surface area is 318 Å². The number of nitrogens with two attached hydrogens (primary N) is 1. The summed E-state index contributed by atoms with van der Waals surface area (Å²) in [7, 11) is 0. The predicted octanol–water partition coefficient (Wildman–Crippen LogP) is 6.93. The number of halogens is 7. The largest absolute Gasteiger partial charge is 0.573 e. The highest BCUT2D eigenvalue weighted by Gasteiger charge is 2.31. The van der Waals surface area contributed by atoms with Crippen molar-refractivity contribution in [2.45, 2.75) is 39.7 Å². The molecule has 0 bridgehead atoms.